The van der Waals surface area contributed by atoms with E-state index in [0.717, 1.165) is 13.2 Å². The summed E-state index contributed by atoms with van der Waals surface area (Å²) in [5, 5.41) is 3.10. The fourth-order valence-corrected chi connectivity index (χ4v) is 1.87. The van der Waals surface area contributed by atoms with E-state index in [-0.39, 0.29) is 0 Å². The molecule has 13 heavy (non-hydrogen) atoms. The minimum absolute atomic E-state index is 0.529. The van der Waals surface area contributed by atoms with Crippen molar-refractivity contribution in [3.05, 3.63) is 0 Å². The van der Waals surface area contributed by atoms with Crippen LogP contribution in [0.3, 0.4) is 0 Å². The minimum Gasteiger partial charge on any atom is -0.377 e. The summed E-state index contributed by atoms with van der Waals surface area (Å²) in [6.07, 6.45) is 5.66. The number of hydrogen-bond donors (Lipinski definition) is 1. The van der Waals surface area contributed by atoms with Gasteiger partial charge in [0.1, 0.15) is 0 Å². The molecule has 1 saturated carbocycles. The zero-order valence-electron chi connectivity index (χ0n) is 9.23. The third-order valence-electron chi connectivity index (χ3n) is 2.99. The Morgan fingerprint density at radius 1 is 1.31 bits per heavy atom. The van der Waals surface area contributed by atoms with Crippen LogP contribution in [0, 0.1) is 5.41 Å². The second-order valence-electron chi connectivity index (χ2n) is 4.84. The van der Waals surface area contributed by atoms with Crippen LogP contribution in [0.15, 0.2) is 0 Å². The van der Waals surface area contributed by atoms with Crippen molar-refractivity contribution in [1.82, 2.24) is 5.32 Å². The summed E-state index contributed by atoms with van der Waals surface area (Å²) in [5.41, 5.74) is 0.558. The van der Waals surface area contributed by atoms with E-state index in [1.807, 2.05) is 7.05 Å². The standard InChI is InChI=1S/C11H23NO/c1-11(2)6-4-10(5-7-11)13-9-8-12-3/h10,12H,4-9H2,1-3H3. The zero-order valence-corrected chi connectivity index (χ0v) is 9.23. The van der Waals surface area contributed by atoms with Gasteiger partial charge in [0, 0.05) is 6.54 Å². The summed E-state index contributed by atoms with van der Waals surface area (Å²) < 4.78 is 5.75. The van der Waals surface area contributed by atoms with Gasteiger partial charge in [0.15, 0.2) is 0 Å². The number of rotatable bonds is 4. The largest absolute Gasteiger partial charge is 0.377 e. The molecule has 1 aliphatic carbocycles. The molecule has 1 N–H and O–H groups in total. The van der Waals surface area contributed by atoms with Crippen LogP contribution < -0.4 is 5.32 Å². The fraction of sp³-hybridized carbons (Fsp3) is 1.00. The molecule has 1 rings (SSSR count). The Kier molecular flexibility index (Phi) is 4.20. The van der Waals surface area contributed by atoms with Crippen molar-refractivity contribution in [1.29, 1.82) is 0 Å². The highest BCUT2D eigenvalue weighted by molar-refractivity contribution is 4.78. The van der Waals surface area contributed by atoms with Crippen LogP contribution in [0.4, 0.5) is 0 Å². The summed E-state index contributed by atoms with van der Waals surface area (Å²) in [6, 6.07) is 0. The molecular weight excluding hydrogens is 162 g/mol. The smallest absolute Gasteiger partial charge is 0.0594 e. The molecule has 0 amide bonds. The molecule has 0 saturated heterocycles. The van der Waals surface area contributed by atoms with Gasteiger partial charge in [0.25, 0.3) is 0 Å². The minimum atomic E-state index is 0.529. The maximum absolute atomic E-state index is 5.75. The van der Waals surface area contributed by atoms with E-state index >= 15 is 0 Å². The first-order chi connectivity index (χ1) is 6.14. The first-order valence-corrected chi connectivity index (χ1v) is 5.40. The molecule has 0 heterocycles. The van der Waals surface area contributed by atoms with E-state index in [9.17, 15) is 0 Å². The molecule has 0 radical (unpaired) electrons. The second kappa shape index (κ2) is 4.97. The van der Waals surface area contributed by atoms with Gasteiger partial charge in [-0.2, -0.15) is 0 Å². The maximum Gasteiger partial charge on any atom is 0.0594 e. The highest BCUT2D eigenvalue weighted by Gasteiger charge is 2.26. The van der Waals surface area contributed by atoms with Gasteiger partial charge in [-0.1, -0.05) is 13.8 Å². The molecule has 0 spiro atoms. The van der Waals surface area contributed by atoms with E-state index < -0.39 is 0 Å². The van der Waals surface area contributed by atoms with Crippen molar-refractivity contribution < 1.29 is 4.74 Å². The number of likely N-dealkylation sites (N-methyl/N-ethyl adjacent to an activating group) is 1. The van der Waals surface area contributed by atoms with Crippen LogP contribution >= 0.6 is 0 Å². The normalized spacial score (nSPS) is 23.3. The summed E-state index contributed by atoms with van der Waals surface area (Å²) in [5.74, 6) is 0. The highest BCUT2D eigenvalue weighted by atomic mass is 16.5. The van der Waals surface area contributed by atoms with Crippen molar-refractivity contribution in [2.75, 3.05) is 20.2 Å². The monoisotopic (exact) mass is 185 g/mol. The Labute approximate surface area is 82.0 Å². The van der Waals surface area contributed by atoms with Crippen LogP contribution in [0.25, 0.3) is 0 Å². The third kappa shape index (κ3) is 4.10. The van der Waals surface area contributed by atoms with Gasteiger partial charge >= 0.3 is 0 Å². The summed E-state index contributed by atoms with van der Waals surface area (Å²) in [4.78, 5) is 0. The quantitative estimate of drug-likeness (QED) is 0.678. The molecule has 1 aliphatic rings. The molecule has 1 fully saturated rings. The summed E-state index contributed by atoms with van der Waals surface area (Å²) in [6.45, 7) is 6.55. The van der Waals surface area contributed by atoms with Gasteiger partial charge in [-0.15, -0.1) is 0 Å². The molecule has 0 unspecified atom stereocenters. The molecule has 0 aromatic heterocycles. The molecule has 0 aliphatic heterocycles. The zero-order chi connectivity index (χ0) is 9.73. The predicted molar refractivity (Wildman–Crippen MR) is 55.9 cm³/mol. The Hall–Kier alpha value is -0.0800. The average Bonchev–Trinajstić information content (AvgIpc) is 2.08. The van der Waals surface area contributed by atoms with E-state index in [1.165, 1.54) is 25.7 Å². The molecular formula is C11H23NO. The van der Waals surface area contributed by atoms with E-state index in [2.05, 4.69) is 19.2 Å². The maximum atomic E-state index is 5.75. The van der Waals surface area contributed by atoms with Crippen LogP contribution in [-0.2, 0) is 4.74 Å². The van der Waals surface area contributed by atoms with E-state index in [4.69, 9.17) is 4.74 Å². The average molecular weight is 185 g/mol. The fourth-order valence-electron chi connectivity index (χ4n) is 1.87. The second-order valence-corrected chi connectivity index (χ2v) is 4.84. The molecule has 0 atom stereocenters. The first-order valence-electron chi connectivity index (χ1n) is 5.40. The van der Waals surface area contributed by atoms with E-state index in [0.29, 0.717) is 11.5 Å². The number of ether oxygens (including phenoxy) is 1. The Balaban J connectivity index is 2.11. The Bertz CT molecular complexity index is 135. The van der Waals surface area contributed by atoms with Crippen molar-refractivity contribution in [2.45, 2.75) is 45.6 Å². The van der Waals surface area contributed by atoms with Gasteiger partial charge in [0.2, 0.25) is 0 Å². The Morgan fingerprint density at radius 2 is 1.92 bits per heavy atom. The highest BCUT2D eigenvalue weighted by Crippen LogP contribution is 2.35. The SMILES string of the molecule is CNCCOC1CCC(C)(C)CC1. The molecule has 0 aromatic rings. The van der Waals surface area contributed by atoms with Crippen LogP contribution in [-0.4, -0.2) is 26.3 Å². The number of hydrogen-bond acceptors (Lipinski definition) is 2. The van der Waals surface area contributed by atoms with Gasteiger partial charge in [-0.3, -0.25) is 0 Å². The summed E-state index contributed by atoms with van der Waals surface area (Å²) >= 11 is 0. The first kappa shape index (κ1) is 11.0. The van der Waals surface area contributed by atoms with Gasteiger partial charge < -0.3 is 10.1 Å². The van der Waals surface area contributed by atoms with Crippen molar-refractivity contribution in [2.24, 2.45) is 5.41 Å². The van der Waals surface area contributed by atoms with Crippen LogP contribution in [0.2, 0.25) is 0 Å². The number of nitrogens with one attached hydrogen (secondary N) is 1. The molecule has 2 heteroatoms. The lowest BCUT2D eigenvalue weighted by Crippen LogP contribution is -2.28. The van der Waals surface area contributed by atoms with Gasteiger partial charge in [-0.25, -0.2) is 0 Å². The lowest BCUT2D eigenvalue weighted by molar-refractivity contribution is 0.00651. The van der Waals surface area contributed by atoms with Crippen LogP contribution in [0.1, 0.15) is 39.5 Å². The van der Waals surface area contributed by atoms with Crippen LogP contribution in [0.5, 0.6) is 0 Å². The molecule has 0 aromatic carbocycles. The molecule has 2 nitrogen and oxygen atoms in total. The predicted octanol–water partition coefficient (Wildman–Crippen LogP) is 2.19. The van der Waals surface area contributed by atoms with E-state index in [1.54, 1.807) is 0 Å². The Morgan fingerprint density at radius 3 is 2.46 bits per heavy atom. The van der Waals surface area contributed by atoms with Crippen molar-refractivity contribution in [3.63, 3.8) is 0 Å². The topological polar surface area (TPSA) is 21.3 Å². The van der Waals surface area contributed by atoms with Crippen molar-refractivity contribution >= 4 is 0 Å². The van der Waals surface area contributed by atoms with Gasteiger partial charge in [-0.05, 0) is 38.1 Å². The van der Waals surface area contributed by atoms with Crippen molar-refractivity contribution in [3.8, 4) is 0 Å². The molecule has 0 bridgehead atoms. The summed E-state index contributed by atoms with van der Waals surface area (Å²) in [7, 11) is 1.97. The lowest BCUT2D eigenvalue weighted by atomic mass is 9.76. The third-order valence-corrected chi connectivity index (χ3v) is 2.99. The van der Waals surface area contributed by atoms with Gasteiger partial charge in [0.05, 0.1) is 12.7 Å². The lowest BCUT2D eigenvalue weighted by Gasteiger charge is -2.34. The molecule has 78 valence electrons.